The number of likely N-dealkylation sites (N-methyl/N-ethyl adjacent to an activating group) is 1. The normalized spacial score (nSPS) is 11.7. The Labute approximate surface area is 102 Å². The third-order valence-corrected chi connectivity index (χ3v) is 2.60. The van der Waals surface area contributed by atoms with Gasteiger partial charge in [-0.3, -0.25) is 4.79 Å². The van der Waals surface area contributed by atoms with Crippen LogP contribution in [0.25, 0.3) is 0 Å². The van der Waals surface area contributed by atoms with Gasteiger partial charge in [-0.15, -0.1) is 12.4 Å². The first kappa shape index (κ1) is 17.4. The maximum atomic E-state index is 11.6. The monoisotopic (exact) mass is 256 g/mol. The first-order chi connectivity index (χ1) is 6.63. The van der Waals surface area contributed by atoms with Crippen LogP contribution < -0.4 is 5.73 Å². The van der Waals surface area contributed by atoms with Crippen LogP contribution in [0.2, 0.25) is 0 Å². The predicted molar refractivity (Wildman–Crippen MR) is 67.7 cm³/mol. The van der Waals surface area contributed by atoms with E-state index in [0.29, 0.717) is 13.2 Å². The zero-order valence-corrected chi connectivity index (χ0v) is 11.2. The van der Waals surface area contributed by atoms with E-state index in [9.17, 15) is 4.79 Å². The molecule has 0 saturated carbocycles. The van der Waals surface area contributed by atoms with Gasteiger partial charge < -0.3 is 15.4 Å². The van der Waals surface area contributed by atoms with Crippen LogP contribution in [0.3, 0.4) is 0 Å². The van der Waals surface area contributed by atoms with Crippen molar-refractivity contribution in [2.45, 2.75) is 12.5 Å². The Hall–Kier alpha value is 0.0300. The molecule has 0 bridgehead atoms. The molecule has 1 atom stereocenters. The Morgan fingerprint density at radius 3 is 2.67 bits per heavy atom. The Morgan fingerprint density at radius 2 is 2.20 bits per heavy atom. The number of carbonyl (C=O) groups is 1. The van der Waals surface area contributed by atoms with Gasteiger partial charge in [0.05, 0.1) is 12.6 Å². The van der Waals surface area contributed by atoms with Crippen LogP contribution >= 0.6 is 24.2 Å². The van der Waals surface area contributed by atoms with Crippen LogP contribution in [0.4, 0.5) is 0 Å². The van der Waals surface area contributed by atoms with E-state index in [1.165, 1.54) is 0 Å². The zero-order valence-electron chi connectivity index (χ0n) is 9.56. The number of halogens is 1. The average Bonchev–Trinajstić information content (AvgIpc) is 2.21. The molecule has 1 unspecified atom stereocenters. The first-order valence-electron chi connectivity index (χ1n) is 4.62. The van der Waals surface area contributed by atoms with Crippen molar-refractivity contribution in [1.29, 1.82) is 0 Å². The summed E-state index contributed by atoms with van der Waals surface area (Å²) < 4.78 is 4.88. The summed E-state index contributed by atoms with van der Waals surface area (Å²) in [5.74, 6) is 0.918. The molecule has 92 valence electrons. The second-order valence-electron chi connectivity index (χ2n) is 3.14. The van der Waals surface area contributed by atoms with Crippen molar-refractivity contribution in [2.24, 2.45) is 5.73 Å². The Morgan fingerprint density at radius 1 is 1.60 bits per heavy atom. The van der Waals surface area contributed by atoms with E-state index in [2.05, 4.69) is 0 Å². The van der Waals surface area contributed by atoms with Gasteiger partial charge in [0, 0.05) is 20.7 Å². The molecule has 15 heavy (non-hydrogen) atoms. The third-order valence-electron chi connectivity index (χ3n) is 1.96. The molecular formula is C9H21ClN2O2S. The lowest BCUT2D eigenvalue weighted by Gasteiger charge is -2.20. The standard InChI is InChI=1S/C9H20N2O2S.ClH/c1-11(5-6-13-2)9(12)8(10)4-7-14-3;/h8H,4-7,10H2,1-3H3;1H. The van der Waals surface area contributed by atoms with Gasteiger partial charge in [0.1, 0.15) is 0 Å². The number of methoxy groups -OCH3 is 1. The number of nitrogens with zero attached hydrogens (tertiary/aromatic N) is 1. The molecule has 0 radical (unpaired) electrons. The minimum absolute atomic E-state index is 0. The minimum Gasteiger partial charge on any atom is -0.383 e. The Balaban J connectivity index is 0. The highest BCUT2D eigenvalue weighted by Crippen LogP contribution is 2.01. The van der Waals surface area contributed by atoms with E-state index in [-0.39, 0.29) is 24.4 Å². The summed E-state index contributed by atoms with van der Waals surface area (Å²) in [6.07, 6.45) is 2.74. The number of ether oxygens (including phenoxy) is 1. The largest absolute Gasteiger partial charge is 0.383 e. The number of rotatable bonds is 7. The van der Waals surface area contributed by atoms with Crippen LogP contribution in [-0.2, 0) is 9.53 Å². The second-order valence-corrected chi connectivity index (χ2v) is 4.13. The highest BCUT2D eigenvalue weighted by atomic mass is 35.5. The number of carbonyl (C=O) groups excluding carboxylic acids is 1. The van der Waals surface area contributed by atoms with Crippen LogP contribution in [0.15, 0.2) is 0 Å². The molecule has 0 rings (SSSR count). The fourth-order valence-corrected chi connectivity index (χ4v) is 1.48. The number of nitrogens with two attached hydrogens (primary N) is 1. The smallest absolute Gasteiger partial charge is 0.239 e. The number of hydrogen-bond acceptors (Lipinski definition) is 4. The Bertz CT molecular complexity index is 156. The lowest BCUT2D eigenvalue weighted by Crippen LogP contribution is -2.43. The molecule has 0 aromatic carbocycles. The summed E-state index contributed by atoms with van der Waals surface area (Å²) in [7, 11) is 3.37. The molecule has 0 spiro atoms. The van der Waals surface area contributed by atoms with E-state index in [1.807, 2.05) is 6.26 Å². The van der Waals surface area contributed by atoms with Crippen LogP contribution in [0.5, 0.6) is 0 Å². The quantitative estimate of drug-likeness (QED) is 0.725. The van der Waals surface area contributed by atoms with Crippen molar-refractivity contribution >= 4 is 30.1 Å². The van der Waals surface area contributed by atoms with Crippen molar-refractivity contribution in [3.63, 3.8) is 0 Å². The number of thioether (sulfide) groups is 1. The maximum absolute atomic E-state index is 11.6. The van der Waals surface area contributed by atoms with Gasteiger partial charge in [0.15, 0.2) is 0 Å². The van der Waals surface area contributed by atoms with Crippen molar-refractivity contribution in [3.05, 3.63) is 0 Å². The maximum Gasteiger partial charge on any atom is 0.239 e. The summed E-state index contributed by atoms with van der Waals surface area (Å²) in [4.78, 5) is 13.2. The first-order valence-corrected chi connectivity index (χ1v) is 6.01. The molecule has 0 aliphatic carbocycles. The molecule has 6 heteroatoms. The van der Waals surface area contributed by atoms with Crippen molar-refractivity contribution in [2.75, 3.05) is 39.3 Å². The van der Waals surface area contributed by atoms with Crippen LogP contribution in [-0.4, -0.2) is 56.2 Å². The minimum atomic E-state index is -0.371. The van der Waals surface area contributed by atoms with E-state index in [1.54, 1.807) is 30.8 Å². The van der Waals surface area contributed by atoms with E-state index in [0.717, 1.165) is 12.2 Å². The molecule has 1 amide bonds. The summed E-state index contributed by atoms with van der Waals surface area (Å²) in [5.41, 5.74) is 5.73. The zero-order chi connectivity index (χ0) is 11.0. The highest BCUT2D eigenvalue weighted by molar-refractivity contribution is 7.98. The lowest BCUT2D eigenvalue weighted by molar-refractivity contribution is -0.131. The number of amides is 1. The molecule has 0 saturated heterocycles. The Kier molecular flexibility index (Phi) is 12.2. The molecule has 0 heterocycles. The molecule has 0 aromatic heterocycles. The molecule has 0 aromatic rings. The summed E-state index contributed by atoms with van der Waals surface area (Å²) in [6.45, 7) is 1.15. The van der Waals surface area contributed by atoms with Crippen molar-refractivity contribution in [1.82, 2.24) is 4.90 Å². The van der Waals surface area contributed by atoms with E-state index >= 15 is 0 Å². The molecule has 0 fully saturated rings. The topological polar surface area (TPSA) is 55.6 Å². The predicted octanol–water partition coefficient (Wildman–Crippen LogP) is 0.593. The van der Waals surface area contributed by atoms with Crippen LogP contribution in [0.1, 0.15) is 6.42 Å². The number of hydrogen-bond donors (Lipinski definition) is 1. The molecule has 4 nitrogen and oxygen atoms in total. The van der Waals surface area contributed by atoms with Crippen LogP contribution in [0, 0.1) is 0 Å². The van der Waals surface area contributed by atoms with Gasteiger partial charge in [0.2, 0.25) is 5.91 Å². The highest BCUT2D eigenvalue weighted by Gasteiger charge is 2.16. The molecule has 2 N–H and O–H groups in total. The second kappa shape index (κ2) is 10.5. The van der Waals surface area contributed by atoms with Gasteiger partial charge >= 0.3 is 0 Å². The molecule has 0 aliphatic heterocycles. The van der Waals surface area contributed by atoms with Gasteiger partial charge in [-0.1, -0.05) is 0 Å². The van der Waals surface area contributed by atoms with Crippen molar-refractivity contribution in [3.8, 4) is 0 Å². The van der Waals surface area contributed by atoms with Gasteiger partial charge in [0.25, 0.3) is 0 Å². The summed E-state index contributed by atoms with van der Waals surface area (Å²) in [6, 6.07) is -0.371. The van der Waals surface area contributed by atoms with Gasteiger partial charge in [-0.05, 0) is 18.4 Å². The van der Waals surface area contributed by atoms with Gasteiger partial charge in [-0.25, -0.2) is 0 Å². The fourth-order valence-electron chi connectivity index (χ4n) is 0.990. The van der Waals surface area contributed by atoms with Crippen molar-refractivity contribution < 1.29 is 9.53 Å². The van der Waals surface area contributed by atoms with E-state index < -0.39 is 0 Å². The SMILES string of the molecule is COCCN(C)C(=O)C(N)CCSC.Cl. The van der Waals surface area contributed by atoms with E-state index in [4.69, 9.17) is 10.5 Å². The molecule has 0 aliphatic rings. The lowest BCUT2D eigenvalue weighted by atomic mass is 10.2. The third kappa shape index (κ3) is 7.90. The van der Waals surface area contributed by atoms with Gasteiger partial charge in [-0.2, -0.15) is 11.8 Å². The average molecular weight is 257 g/mol. The summed E-state index contributed by atoms with van der Waals surface area (Å²) in [5, 5.41) is 0. The molecular weight excluding hydrogens is 236 g/mol. The fraction of sp³-hybridized carbons (Fsp3) is 0.889. The summed E-state index contributed by atoms with van der Waals surface area (Å²) >= 11 is 1.70.